The number of nitrogens with zero attached hydrogens (tertiary/aromatic N) is 1. The highest BCUT2D eigenvalue weighted by atomic mass is 32.1. The Morgan fingerprint density at radius 1 is 1.06 bits per heavy atom. The fourth-order valence-corrected chi connectivity index (χ4v) is 4.83. The lowest BCUT2D eigenvalue weighted by molar-refractivity contribution is -0.122. The molecule has 0 aliphatic heterocycles. The van der Waals surface area contributed by atoms with Crippen LogP contribution in [0.2, 0.25) is 0 Å². The number of thiazole rings is 1. The highest BCUT2D eigenvalue weighted by Gasteiger charge is 2.33. The van der Waals surface area contributed by atoms with Crippen LogP contribution < -0.4 is 24.8 Å². The molecule has 0 spiro atoms. The van der Waals surface area contributed by atoms with Crippen LogP contribution in [0.15, 0.2) is 42.5 Å². The van der Waals surface area contributed by atoms with Gasteiger partial charge in [0.2, 0.25) is 5.91 Å². The number of fused-ring (bicyclic) bond motifs is 1. The van der Waals surface area contributed by atoms with Gasteiger partial charge >= 0.3 is 0 Å². The van der Waals surface area contributed by atoms with Crippen molar-refractivity contribution in [3.05, 3.63) is 64.2 Å². The average Bonchev–Trinajstić information content (AvgIpc) is 3.42. The number of hydrogen-bond acceptors (Lipinski definition) is 7. The molecule has 1 aromatic heterocycles. The van der Waals surface area contributed by atoms with Crippen LogP contribution in [-0.4, -0.2) is 38.1 Å². The van der Waals surface area contributed by atoms with Gasteiger partial charge in [0, 0.05) is 28.6 Å². The summed E-state index contributed by atoms with van der Waals surface area (Å²) in [4.78, 5) is 31.2. The number of hydrogen-bond donors (Lipinski definition) is 2. The first kappa shape index (κ1) is 22.6. The summed E-state index contributed by atoms with van der Waals surface area (Å²) in [5.74, 6) is 1.03. The van der Waals surface area contributed by atoms with Gasteiger partial charge in [0.15, 0.2) is 5.13 Å². The molecule has 1 aliphatic carbocycles. The van der Waals surface area contributed by atoms with Crippen molar-refractivity contribution in [3.8, 4) is 17.2 Å². The molecule has 2 amide bonds. The minimum Gasteiger partial charge on any atom is -0.497 e. The van der Waals surface area contributed by atoms with Gasteiger partial charge in [-0.15, -0.1) is 11.3 Å². The van der Waals surface area contributed by atoms with Gasteiger partial charge in [0.1, 0.15) is 17.2 Å². The van der Waals surface area contributed by atoms with Crippen molar-refractivity contribution < 1.29 is 23.8 Å². The molecule has 8 nitrogen and oxygen atoms in total. The summed E-state index contributed by atoms with van der Waals surface area (Å²) >= 11 is 1.40. The number of carbonyl (C=O) groups is 2. The average molecular weight is 468 g/mol. The molecule has 0 fully saturated rings. The molecule has 1 unspecified atom stereocenters. The van der Waals surface area contributed by atoms with E-state index in [1.165, 1.54) is 25.6 Å². The second-order valence-corrected chi connectivity index (χ2v) is 8.59. The van der Waals surface area contributed by atoms with E-state index < -0.39 is 0 Å². The molecule has 1 heterocycles. The Bertz CT molecular complexity index is 1150. The summed E-state index contributed by atoms with van der Waals surface area (Å²) in [5, 5.41) is 6.29. The molecule has 0 bridgehead atoms. The van der Waals surface area contributed by atoms with Crippen molar-refractivity contribution in [3.63, 3.8) is 0 Å². The number of aryl methyl sites for hydroxylation is 1. The molecule has 2 N–H and O–H groups in total. The first-order valence-corrected chi connectivity index (χ1v) is 11.3. The maximum Gasteiger partial charge on any atom is 0.257 e. The van der Waals surface area contributed by atoms with Gasteiger partial charge in [-0.3, -0.25) is 14.9 Å². The summed E-state index contributed by atoms with van der Waals surface area (Å²) < 4.78 is 15.8. The molecule has 3 aromatic rings. The van der Waals surface area contributed by atoms with E-state index in [1.54, 1.807) is 25.3 Å². The molecule has 4 rings (SSSR count). The van der Waals surface area contributed by atoms with Crippen LogP contribution in [0.25, 0.3) is 0 Å². The van der Waals surface area contributed by atoms with Crippen molar-refractivity contribution in [1.82, 2.24) is 10.3 Å². The number of nitrogens with one attached hydrogen (secondary N) is 2. The van der Waals surface area contributed by atoms with E-state index in [0.717, 1.165) is 28.3 Å². The monoisotopic (exact) mass is 467 g/mol. The number of amides is 2. The van der Waals surface area contributed by atoms with E-state index in [0.29, 0.717) is 35.2 Å². The van der Waals surface area contributed by atoms with Crippen molar-refractivity contribution in [2.24, 2.45) is 0 Å². The maximum absolute atomic E-state index is 12.9. The molecule has 2 aromatic carbocycles. The van der Waals surface area contributed by atoms with Crippen LogP contribution in [0, 0.1) is 0 Å². The summed E-state index contributed by atoms with van der Waals surface area (Å²) in [6.07, 6.45) is 1.45. The Morgan fingerprint density at radius 2 is 1.79 bits per heavy atom. The molecule has 0 saturated carbocycles. The van der Waals surface area contributed by atoms with Gasteiger partial charge in [-0.25, -0.2) is 4.98 Å². The second-order valence-electron chi connectivity index (χ2n) is 7.50. The lowest BCUT2D eigenvalue weighted by Crippen LogP contribution is -2.28. The molecule has 1 aliphatic rings. The highest BCUT2D eigenvalue weighted by Crippen LogP contribution is 2.38. The van der Waals surface area contributed by atoms with Crippen LogP contribution >= 0.6 is 11.3 Å². The summed E-state index contributed by atoms with van der Waals surface area (Å²) in [6.45, 7) is 0.375. The Kier molecular flexibility index (Phi) is 6.79. The van der Waals surface area contributed by atoms with Crippen LogP contribution in [0.5, 0.6) is 17.2 Å². The van der Waals surface area contributed by atoms with Gasteiger partial charge in [-0.2, -0.15) is 0 Å². The molecule has 172 valence electrons. The summed E-state index contributed by atoms with van der Waals surface area (Å²) in [6, 6.07) is 12.5. The van der Waals surface area contributed by atoms with Gasteiger partial charge in [-0.05, 0) is 31.0 Å². The molecule has 33 heavy (non-hydrogen) atoms. The van der Waals surface area contributed by atoms with E-state index in [1.807, 2.05) is 24.3 Å². The third-order valence-electron chi connectivity index (χ3n) is 5.51. The Balaban J connectivity index is 1.44. The number of rotatable bonds is 8. The SMILES string of the molecule is COc1cc(OC)cc(C(=O)Nc2nc3c(s2)CCC3C(=O)NCc2ccccc2OC)c1. The Morgan fingerprint density at radius 3 is 2.48 bits per heavy atom. The van der Waals surface area contributed by atoms with Crippen molar-refractivity contribution in [2.45, 2.75) is 25.3 Å². The summed E-state index contributed by atoms with van der Waals surface area (Å²) in [5.41, 5.74) is 2.04. The lowest BCUT2D eigenvalue weighted by Gasteiger charge is -2.13. The van der Waals surface area contributed by atoms with Gasteiger partial charge in [0.05, 0.1) is 32.9 Å². The van der Waals surface area contributed by atoms with Crippen molar-refractivity contribution in [2.75, 3.05) is 26.6 Å². The number of aromatic nitrogens is 1. The smallest absolute Gasteiger partial charge is 0.257 e. The topological polar surface area (TPSA) is 98.8 Å². The largest absolute Gasteiger partial charge is 0.497 e. The number of ether oxygens (including phenoxy) is 3. The Hall–Kier alpha value is -3.59. The van der Waals surface area contributed by atoms with Crippen molar-refractivity contribution in [1.29, 1.82) is 0 Å². The molecule has 1 atom stereocenters. The van der Waals surface area contributed by atoms with Crippen molar-refractivity contribution >= 4 is 28.3 Å². The molecule has 0 saturated heterocycles. The fraction of sp³-hybridized carbons (Fsp3) is 0.292. The summed E-state index contributed by atoms with van der Waals surface area (Å²) in [7, 11) is 4.67. The van der Waals surface area contributed by atoms with Crippen LogP contribution in [0.1, 0.15) is 38.8 Å². The zero-order valence-corrected chi connectivity index (χ0v) is 19.5. The number of anilines is 1. The van der Waals surface area contributed by atoms with Crippen LogP contribution in [0.4, 0.5) is 5.13 Å². The molecular formula is C24H25N3O5S. The standard InChI is InChI=1S/C24H25N3O5S/c1-30-16-10-15(11-17(12-16)31-2)22(28)27-24-26-21-18(8-9-20(21)33-24)23(29)25-13-14-6-4-5-7-19(14)32-3/h4-7,10-12,18H,8-9,13H2,1-3H3,(H,25,29)(H,26,27,28). The predicted octanol–water partition coefficient (Wildman–Crippen LogP) is 3.77. The molecule has 0 radical (unpaired) electrons. The molecule has 9 heteroatoms. The lowest BCUT2D eigenvalue weighted by atomic mass is 10.1. The van der Waals surface area contributed by atoms with E-state index in [2.05, 4.69) is 15.6 Å². The highest BCUT2D eigenvalue weighted by molar-refractivity contribution is 7.16. The third-order valence-corrected chi connectivity index (χ3v) is 6.56. The van der Waals surface area contributed by atoms with Gasteiger partial charge in [0.25, 0.3) is 5.91 Å². The molecular weight excluding hydrogens is 442 g/mol. The van der Waals surface area contributed by atoms with E-state index in [-0.39, 0.29) is 17.7 Å². The predicted molar refractivity (Wildman–Crippen MR) is 126 cm³/mol. The minimum atomic E-state index is -0.339. The van der Waals surface area contributed by atoms with Crippen LogP contribution in [0.3, 0.4) is 0 Å². The zero-order chi connectivity index (χ0) is 23.4. The normalized spacial score (nSPS) is 14.3. The minimum absolute atomic E-state index is 0.0830. The van der Waals surface area contributed by atoms with Gasteiger partial charge < -0.3 is 19.5 Å². The fourth-order valence-electron chi connectivity index (χ4n) is 3.80. The first-order chi connectivity index (χ1) is 16.0. The third kappa shape index (κ3) is 4.93. The first-order valence-electron chi connectivity index (χ1n) is 10.5. The number of carbonyl (C=O) groups excluding carboxylic acids is 2. The zero-order valence-electron chi connectivity index (χ0n) is 18.6. The van der Waals surface area contributed by atoms with E-state index >= 15 is 0 Å². The van der Waals surface area contributed by atoms with Crippen LogP contribution in [-0.2, 0) is 17.8 Å². The van der Waals surface area contributed by atoms with E-state index in [9.17, 15) is 9.59 Å². The number of methoxy groups -OCH3 is 3. The number of para-hydroxylation sites is 1. The quantitative estimate of drug-likeness (QED) is 0.523. The number of benzene rings is 2. The van der Waals surface area contributed by atoms with E-state index in [4.69, 9.17) is 14.2 Å². The maximum atomic E-state index is 12.9. The van der Waals surface area contributed by atoms with Gasteiger partial charge in [-0.1, -0.05) is 18.2 Å². The second kappa shape index (κ2) is 9.91. The Labute approximate surface area is 195 Å².